The van der Waals surface area contributed by atoms with Crippen molar-refractivity contribution in [2.75, 3.05) is 25.6 Å². The van der Waals surface area contributed by atoms with E-state index in [4.69, 9.17) is 37.4 Å². The Labute approximate surface area is 196 Å². The third-order valence-electron chi connectivity index (χ3n) is 4.72. The van der Waals surface area contributed by atoms with Crippen LogP contribution in [0.25, 0.3) is 0 Å². The van der Waals surface area contributed by atoms with Crippen molar-refractivity contribution < 1.29 is 24.1 Å². The number of carboxylic acid groups (broad SMARTS) is 1. The van der Waals surface area contributed by atoms with Gasteiger partial charge in [-0.25, -0.2) is 0 Å². The summed E-state index contributed by atoms with van der Waals surface area (Å²) >= 11 is 14.2. The molecule has 0 spiro atoms. The first-order valence-corrected chi connectivity index (χ1v) is 11.7. The van der Waals surface area contributed by atoms with Gasteiger partial charge in [0, 0.05) is 10.8 Å². The Morgan fingerprint density at radius 3 is 2.42 bits per heavy atom. The van der Waals surface area contributed by atoms with Crippen molar-refractivity contribution in [2.24, 2.45) is 0 Å². The largest absolute Gasteiger partial charge is 0.490 e. The highest BCUT2D eigenvalue weighted by molar-refractivity contribution is 7.99. The molecule has 0 bridgehead atoms. The van der Waals surface area contributed by atoms with Crippen molar-refractivity contribution in [3.05, 3.63) is 51.0 Å². The Morgan fingerprint density at radius 2 is 1.81 bits per heavy atom. The van der Waals surface area contributed by atoms with Crippen molar-refractivity contribution in [3.8, 4) is 17.2 Å². The van der Waals surface area contributed by atoms with Gasteiger partial charge in [-0.05, 0) is 61.7 Å². The molecular weight excluding hydrogens is 461 g/mol. The van der Waals surface area contributed by atoms with E-state index in [9.17, 15) is 9.90 Å². The van der Waals surface area contributed by atoms with Gasteiger partial charge in [0.2, 0.25) is 0 Å². The second-order valence-corrected chi connectivity index (χ2v) is 9.03. The number of aryl methyl sites for hydroxylation is 2. The number of hydrogen-bond acceptors (Lipinski definition) is 6. The highest BCUT2D eigenvalue weighted by Crippen LogP contribution is 2.42. The zero-order chi connectivity index (χ0) is 22.5. The van der Waals surface area contributed by atoms with E-state index in [0.29, 0.717) is 35.5 Å². The molecule has 0 aliphatic carbocycles. The highest BCUT2D eigenvalue weighted by Gasteiger charge is 2.31. The fraction of sp³-hybridized carbons (Fsp3) is 0.409. The normalized spacial score (nSPS) is 18.1. The molecule has 9 heteroatoms. The Morgan fingerprint density at radius 1 is 1.13 bits per heavy atom. The van der Waals surface area contributed by atoms with Crippen LogP contribution in [0.3, 0.4) is 0 Å². The van der Waals surface area contributed by atoms with Crippen LogP contribution in [0, 0.1) is 13.8 Å². The number of carboxylic acids is 1. The standard InChI is InChI=1S/C22H25Cl2NO5S/c1-4-28-18-10-14(21-25-17(11-31-21)22(26)27)9-16(23)20(18)30-6-5-29-15-7-12(2)19(24)13(3)8-15/h7-10,17,21,25H,4-6,11H2,1-3H3,(H,26,27). The maximum absolute atomic E-state index is 11.2. The van der Waals surface area contributed by atoms with Crippen LogP contribution in [-0.4, -0.2) is 42.7 Å². The minimum absolute atomic E-state index is 0.174. The minimum Gasteiger partial charge on any atom is -0.490 e. The summed E-state index contributed by atoms with van der Waals surface area (Å²) in [6.07, 6.45) is 0. The van der Waals surface area contributed by atoms with Crippen LogP contribution < -0.4 is 19.5 Å². The van der Waals surface area contributed by atoms with Crippen LogP contribution in [0.1, 0.15) is 29.0 Å². The molecule has 2 N–H and O–H groups in total. The van der Waals surface area contributed by atoms with Crippen molar-refractivity contribution in [2.45, 2.75) is 32.2 Å². The molecule has 0 saturated carbocycles. The number of benzene rings is 2. The Balaban J connectivity index is 1.66. The Bertz CT molecular complexity index is 933. The van der Waals surface area contributed by atoms with Gasteiger partial charge in [-0.15, -0.1) is 11.8 Å². The topological polar surface area (TPSA) is 77.0 Å². The molecule has 31 heavy (non-hydrogen) atoms. The van der Waals surface area contributed by atoms with Gasteiger partial charge < -0.3 is 19.3 Å². The molecule has 1 saturated heterocycles. The van der Waals surface area contributed by atoms with Crippen LogP contribution in [0.5, 0.6) is 17.2 Å². The summed E-state index contributed by atoms with van der Waals surface area (Å²) in [6.45, 7) is 6.79. The molecule has 0 aromatic heterocycles. The maximum Gasteiger partial charge on any atom is 0.321 e. The fourth-order valence-corrected chi connectivity index (χ4v) is 4.84. The van der Waals surface area contributed by atoms with Crippen LogP contribution in [0.2, 0.25) is 10.0 Å². The van der Waals surface area contributed by atoms with Crippen molar-refractivity contribution in [1.82, 2.24) is 5.32 Å². The van der Waals surface area contributed by atoms with Gasteiger partial charge in [-0.2, -0.15) is 0 Å². The lowest BCUT2D eigenvalue weighted by Gasteiger charge is -2.18. The van der Waals surface area contributed by atoms with Gasteiger partial charge in [-0.3, -0.25) is 10.1 Å². The lowest BCUT2D eigenvalue weighted by molar-refractivity contribution is -0.138. The summed E-state index contributed by atoms with van der Waals surface area (Å²) in [6, 6.07) is 6.81. The zero-order valence-electron chi connectivity index (χ0n) is 17.5. The van der Waals surface area contributed by atoms with E-state index in [1.807, 2.05) is 39.0 Å². The Kier molecular flexibility index (Phi) is 8.22. The fourth-order valence-electron chi connectivity index (χ4n) is 3.24. The highest BCUT2D eigenvalue weighted by atomic mass is 35.5. The predicted octanol–water partition coefficient (Wildman–Crippen LogP) is 5.25. The Hall–Kier alpha value is -1.80. The molecule has 1 heterocycles. The van der Waals surface area contributed by atoms with Gasteiger partial charge >= 0.3 is 5.97 Å². The molecule has 0 amide bonds. The predicted molar refractivity (Wildman–Crippen MR) is 124 cm³/mol. The second-order valence-electron chi connectivity index (χ2n) is 7.10. The SMILES string of the molecule is CCOc1cc(C2NC(C(=O)O)CS2)cc(Cl)c1OCCOc1cc(C)c(Cl)c(C)c1. The van der Waals surface area contributed by atoms with Crippen molar-refractivity contribution in [1.29, 1.82) is 0 Å². The number of ether oxygens (including phenoxy) is 3. The third-order valence-corrected chi connectivity index (χ3v) is 6.87. The monoisotopic (exact) mass is 485 g/mol. The lowest BCUT2D eigenvalue weighted by Crippen LogP contribution is -2.33. The number of carbonyl (C=O) groups is 1. The quantitative estimate of drug-likeness (QED) is 0.469. The second kappa shape index (κ2) is 10.7. The first kappa shape index (κ1) is 23.9. The molecule has 2 aromatic carbocycles. The number of rotatable bonds is 9. The number of thioether (sulfide) groups is 1. The van der Waals surface area contributed by atoms with Crippen molar-refractivity contribution in [3.63, 3.8) is 0 Å². The van der Waals surface area contributed by atoms with Crippen LogP contribution >= 0.6 is 35.0 Å². The van der Waals surface area contributed by atoms with E-state index >= 15 is 0 Å². The van der Waals surface area contributed by atoms with Crippen LogP contribution in [0.4, 0.5) is 0 Å². The van der Waals surface area contributed by atoms with E-state index in [0.717, 1.165) is 27.5 Å². The molecule has 2 unspecified atom stereocenters. The number of halogens is 2. The van der Waals surface area contributed by atoms with E-state index in [1.54, 1.807) is 6.07 Å². The molecule has 1 aliphatic rings. The van der Waals surface area contributed by atoms with Gasteiger partial charge in [0.25, 0.3) is 0 Å². The first-order valence-electron chi connectivity index (χ1n) is 9.89. The van der Waals surface area contributed by atoms with Gasteiger partial charge in [0.05, 0.1) is 17.0 Å². The van der Waals surface area contributed by atoms with Gasteiger partial charge in [0.1, 0.15) is 25.0 Å². The minimum atomic E-state index is -0.864. The molecule has 0 radical (unpaired) electrons. The smallest absolute Gasteiger partial charge is 0.321 e. The summed E-state index contributed by atoms with van der Waals surface area (Å²) in [7, 11) is 0. The number of nitrogens with one attached hydrogen (secondary N) is 1. The van der Waals surface area contributed by atoms with E-state index in [-0.39, 0.29) is 12.0 Å². The summed E-state index contributed by atoms with van der Waals surface area (Å²) < 4.78 is 17.4. The zero-order valence-corrected chi connectivity index (χ0v) is 19.9. The third kappa shape index (κ3) is 5.92. The van der Waals surface area contributed by atoms with Gasteiger partial charge in [0.15, 0.2) is 11.5 Å². The average molecular weight is 486 g/mol. The number of hydrogen-bond donors (Lipinski definition) is 2. The molecule has 1 aliphatic heterocycles. The molecule has 1 fully saturated rings. The molecule has 168 valence electrons. The van der Waals surface area contributed by atoms with E-state index < -0.39 is 12.0 Å². The summed E-state index contributed by atoms with van der Waals surface area (Å²) in [4.78, 5) is 11.2. The number of aliphatic carboxylic acids is 1. The maximum atomic E-state index is 11.2. The van der Waals surface area contributed by atoms with Crippen molar-refractivity contribution >= 4 is 40.9 Å². The van der Waals surface area contributed by atoms with E-state index in [1.165, 1.54) is 11.8 Å². The average Bonchev–Trinajstić information content (AvgIpc) is 3.21. The molecule has 2 atom stereocenters. The van der Waals surface area contributed by atoms with E-state index in [2.05, 4.69) is 5.32 Å². The van der Waals surface area contributed by atoms with Crippen LogP contribution in [-0.2, 0) is 4.79 Å². The summed E-state index contributed by atoms with van der Waals surface area (Å²) in [5.41, 5.74) is 2.76. The first-order chi connectivity index (χ1) is 14.8. The van der Waals surface area contributed by atoms with Crippen LogP contribution in [0.15, 0.2) is 24.3 Å². The molecule has 2 aromatic rings. The molecular formula is C22H25Cl2NO5S. The molecule has 3 rings (SSSR count). The summed E-state index contributed by atoms with van der Waals surface area (Å²) in [5, 5.41) is 13.2. The molecule has 6 nitrogen and oxygen atoms in total. The lowest BCUT2D eigenvalue weighted by atomic mass is 10.1. The van der Waals surface area contributed by atoms with Gasteiger partial charge in [-0.1, -0.05) is 23.2 Å². The summed E-state index contributed by atoms with van der Waals surface area (Å²) in [5.74, 6) is 1.31.